The third-order valence-electron chi connectivity index (χ3n) is 3.18. The maximum Gasteiger partial charge on any atom is 0.324 e. The molecule has 3 aromatic rings. The van der Waals surface area contributed by atoms with E-state index in [2.05, 4.69) is 25.7 Å². The number of anilines is 2. The van der Waals surface area contributed by atoms with Gasteiger partial charge in [0.25, 0.3) is 0 Å². The Morgan fingerprint density at radius 1 is 1.04 bits per heavy atom. The lowest BCUT2D eigenvalue weighted by Crippen LogP contribution is -2.20. The van der Waals surface area contributed by atoms with Gasteiger partial charge in [-0.1, -0.05) is 0 Å². The average Bonchev–Trinajstić information content (AvgIpc) is 3.02. The highest BCUT2D eigenvalue weighted by atomic mass is 16.2. The molecule has 0 unspecified atom stereocenters. The second-order valence-electron chi connectivity index (χ2n) is 4.89. The Hall–Kier alpha value is -3.22. The summed E-state index contributed by atoms with van der Waals surface area (Å²) in [5.74, 6) is 0.501. The van der Waals surface area contributed by atoms with Crippen molar-refractivity contribution in [3.8, 4) is 0 Å². The van der Waals surface area contributed by atoms with Crippen molar-refractivity contribution in [3.63, 3.8) is 0 Å². The summed E-state index contributed by atoms with van der Waals surface area (Å²) in [6, 6.07) is 8.88. The molecule has 2 amide bonds. The zero-order valence-electron chi connectivity index (χ0n) is 12.4. The summed E-state index contributed by atoms with van der Waals surface area (Å²) >= 11 is 0. The highest BCUT2D eigenvalue weighted by Crippen LogP contribution is 2.07. The molecule has 0 saturated heterocycles. The molecule has 0 bridgehead atoms. The lowest BCUT2D eigenvalue weighted by molar-refractivity contribution is 0.262. The van der Waals surface area contributed by atoms with Crippen LogP contribution >= 0.6 is 0 Å². The summed E-state index contributed by atoms with van der Waals surface area (Å²) in [5, 5.41) is 9.70. The van der Waals surface area contributed by atoms with E-state index in [1.54, 1.807) is 47.7 Å². The van der Waals surface area contributed by atoms with Gasteiger partial charge in [-0.2, -0.15) is 5.10 Å². The number of urea groups is 1. The van der Waals surface area contributed by atoms with Crippen molar-refractivity contribution in [3.05, 3.63) is 66.9 Å². The van der Waals surface area contributed by atoms with Gasteiger partial charge >= 0.3 is 6.03 Å². The van der Waals surface area contributed by atoms with E-state index in [-0.39, 0.29) is 6.03 Å². The molecule has 0 radical (unpaired) electrons. The van der Waals surface area contributed by atoms with Gasteiger partial charge in [-0.3, -0.25) is 20.0 Å². The van der Waals surface area contributed by atoms with Crippen molar-refractivity contribution < 1.29 is 4.79 Å². The van der Waals surface area contributed by atoms with Crippen molar-refractivity contribution in [1.29, 1.82) is 0 Å². The molecule has 7 heteroatoms. The van der Waals surface area contributed by atoms with Crippen LogP contribution in [0.3, 0.4) is 0 Å². The van der Waals surface area contributed by atoms with Gasteiger partial charge in [0.15, 0.2) is 5.82 Å². The number of nitrogens with one attached hydrogen (secondary N) is 2. The van der Waals surface area contributed by atoms with E-state index in [1.165, 1.54) is 5.56 Å². The number of aryl methyl sites for hydroxylation is 2. The summed E-state index contributed by atoms with van der Waals surface area (Å²) in [6.45, 7) is 0.732. The van der Waals surface area contributed by atoms with Crippen molar-refractivity contribution in [1.82, 2.24) is 19.7 Å². The Bertz CT molecular complexity index is 757. The first-order valence-electron chi connectivity index (χ1n) is 7.20. The van der Waals surface area contributed by atoms with E-state index in [0.29, 0.717) is 11.5 Å². The van der Waals surface area contributed by atoms with Gasteiger partial charge in [0.2, 0.25) is 0 Å². The van der Waals surface area contributed by atoms with Crippen LogP contribution in [0.2, 0.25) is 0 Å². The molecule has 3 aromatic heterocycles. The van der Waals surface area contributed by atoms with E-state index in [1.807, 2.05) is 18.3 Å². The third kappa shape index (κ3) is 4.37. The Morgan fingerprint density at radius 2 is 1.91 bits per heavy atom. The lowest BCUT2D eigenvalue weighted by Gasteiger charge is -2.05. The van der Waals surface area contributed by atoms with Gasteiger partial charge < -0.3 is 5.32 Å². The molecule has 3 heterocycles. The molecule has 0 saturated carbocycles. The van der Waals surface area contributed by atoms with Gasteiger partial charge in [0.05, 0.1) is 11.9 Å². The van der Waals surface area contributed by atoms with E-state index in [0.717, 1.165) is 13.0 Å². The number of aromatic nitrogens is 4. The van der Waals surface area contributed by atoms with Crippen molar-refractivity contribution in [2.24, 2.45) is 0 Å². The van der Waals surface area contributed by atoms with Gasteiger partial charge in [-0.05, 0) is 36.2 Å². The van der Waals surface area contributed by atoms with Crippen LogP contribution in [0.25, 0.3) is 0 Å². The van der Waals surface area contributed by atoms with Crippen molar-refractivity contribution in [2.45, 2.75) is 13.0 Å². The predicted octanol–water partition coefficient (Wildman–Crippen LogP) is 2.56. The summed E-state index contributed by atoms with van der Waals surface area (Å²) in [4.78, 5) is 19.8. The second-order valence-corrected chi connectivity index (χ2v) is 4.89. The standard InChI is InChI=1S/C16H16N6O/c23-16(19-14-2-1-7-18-12-14)20-15-6-11-22(21-15)10-5-13-3-8-17-9-4-13/h1-4,6-9,11-12H,5,10H2,(H2,19,20,21,23). The molecule has 0 aliphatic heterocycles. The average molecular weight is 308 g/mol. The van der Waals surface area contributed by atoms with Crippen molar-refractivity contribution in [2.75, 3.05) is 10.6 Å². The van der Waals surface area contributed by atoms with E-state index < -0.39 is 0 Å². The van der Waals surface area contributed by atoms with E-state index in [4.69, 9.17) is 0 Å². The maximum atomic E-state index is 11.9. The molecule has 116 valence electrons. The monoisotopic (exact) mass is 308 g/mol. The van der Waals surface area contributed by atoms with Gasteiger partial charge in [0, 0.05) is 37.4 Å². The third-order valence-corrected chi connectivity index (χ3v) is 3.18. The lowest BCUT2D eigenvalue weighted by atomic mass is 10.2. The van der Waals surface area contributed by atoms with Crippen LogP contribution in [0.5, 0.6) is 0 Å². The molecule has 23 heavy (non-hydrogen) atoms. The summed E-state index contributed by atoms with van der Waals surface area (Å²) in [6.07, 6.45) is 9.45. The molecule has 0 aliphatic rings. The summed E-state index contributed by atoms with van der Waals surface area (Å²) in [7, 11) is 0. The molecule has 2 N–H and O–H groups in total. The number of nitrogens with zero attached hydrogens (tertiary/aromatic N) is 4. The Labute approximate surface area is 133 Å². The van der Waals surface area contributed by atoms with E-state index >= 15 is 0 Å². The molecule has 0 aliphatic carbocycles. The zero-order chi connectivity index (χ0) is 15.9. The van der Waals surface area contributed by atoms with Crippen LogP contribution in [0.4, 0.5) is 16.3 Å². The van der Waals surface area contributed by atoms with E-state index in [9.17, 15) is 4.79 Å². The summed E-state index contributed by atoms with van der Waals surface area (Å²) < 4.78 is 1.79. The highest BCUT2D eigenvalue weighted by Gasteiger charge is 2.05. The fraction of sp³-hybridized carbons (Fsp3) is 0.125. The molecular formula is C16H16N6O. The van der Waals surface area contributed by atoms with Gasteiger partial charge in [0.1, 0.15) is 0 Å². The first kappa shape index (κ1) is 14.7. The van der Waals surface area contributed by atoms with Gasteiger partial charge in [-0.15, -0.1) is 0 Å². The largest absolute Gasteiger partial charge is 0.324 e. The van der Waals surface area contributed by atoms with Crippen molar-refractivity contribution >= 4 is 17.5 Å². The maximum absolute atomic E-state index is 11.9. The molecular weight excluding hydrogens is 292 g/mol. The molecule has 0 fully saturated rings. The second kappa shape index (κ2) is 7.17. The summed E-state index contributed by atoms with van der Waals surface area (Å²) in [5.41, 5.74) is 1.82. The molecule has 0 atom stereocenters. The first-order valence-corrected chi connectivity index (χ1v) is 7.20. The van der Waals surface area contributed by atoms with Crippen LogP contribution in [0, 0.1) is 0 Å². The van der Waals surface area contributed by atoms with Crippen LogP contribution < -0.4 is 10.6 Å². The number of carbonyl (C=O) groups is 1. The zero-order valence-corrected chi connectivity index (χ0v) is 12.4. The number of rotatable bonds is 5. The quantitative estimate of drug-likeness (QED) is 0.758. The molecule has 7 nitrogen and oxygen atoms in total. The normalized spacial score (nSPS) is 10.3. The Balaban J connectivity index is 1.52. The number of hydrogen-bond donors (Lipinski definition) is 2. The fourth-order valence-corrected chi connectivity index (χ4v) is 2.06. The van der Waals surface area contributed by atoms with Crippen LogP contribution in [0.1, 0.15) is 5.56 Å². The smallest absolute Gasteiger partial charge is 0.306 e. The Kier molecular flexibility index (Phi) is 4.58. The number of hydrogen-bond acceptors (Lipinski definition) is 4. The number of pyridine rings is 2. The van der Waals surface area contributed by atoms with Crippen LogP contribution in [-0.2, 0) is 13.0 Å². The minimum Gasteiger partial charge on any atom is -0.306 e. The molecule has 3 rings (SSSR count). The topological polar surface area (TPSA) is 84.7 Å². The highest BCUT2D eigenvalue weighted by molar-refractivity contribution is 5.98. The predicted molar refractivity (Wildman–Crippen MR) is 87.0 cm³/mol. The minimum absolute atomic E-state index is 0.350. The number of carbonyl (C=O) groups excluding carboxylic acids is 1. The molecule has 0 aromatic carbocycles. The van der Waals surface area contributed by atoms with Crippen LogP contribution in [0.15, 0.2) is 61.3 Å². The van der Waals surface area contributed by atoms with Gasteiger partial charge in [-0.25, -0.2) is 4.79 Å². The number of amides is 2. The first-order chi connectivity index (χ1) is 11.3. The SMILES string of the molecule is O=C(Nc1cccnc1)Nc1ccn(CCc2ccncc2)n1. The fourth-order valence-electron chi connectivity index (χ4n) is 2.06. The Morgan fingerprint density at radius 3 is 2.70 bits per heavy atom. The van der Waals surface area contributed by atoms with Crippen LogP contribution in [-0.4, -0.2) is 25.8 Å². The molecule has 0 spiro atoms. The minimum atomic E-state index is -0.350.